The predicted molar refractivity (Wildman–Crippen MR) is 130 cm³/mol. The number of hydrogen-bond donors (Lipinski definition) is 3. The van der Waals surface area contributed by atoms with Gasteiger partial charge in [-0.15, -0.1) is 0 Å². The Balaban J connectivity index is 1.24. The number of carboxylic acids is 1. The number of carboxylic acid groups (broad SMARTS) is 1. The SMILES string of the molecule is C[C@H]1[C@H](OC(=O)CCC(=O)NCCCC(=O)N[C@@H](C)C(=O)O)O[C@H]2O[C@]3(C)CC[C@H]4[C@H](C)CC[C@@H]1[C@@]24OO3. The minimum atomic E-state index is -1.12. The number of esters is 1. The number of carbonyl (C=O) groups excluding carboxylic acids is 3. The number of amides is 2. The van der Waals surface area contributed by atoms with E-state index in [4.69, 9.17) is 29.1 Å². The van der Waals surface area contributed by atoms with Crippen molar-refractivity contribution < 1.29 is 48.3 Å². The second-order valence-corrected chi connectivity index (χ2v) is 11.3. The Hall–Kier alpha value is -2.28. The summed E-state index contributed by atoms with van der Waals surface area (Å²) in [5.41, 5.74) is -0.738. The van der Waals surface area contributed by atoms with Crippen molar-refractivity contribution in [2.24, 2.45) is 23.7 Å². The van der Waals surface area contributed by atoms with Gasteiger partial charge in [0.15, 0.2) is 11.9 Å². The van der Waals surface area contributed by atoms with Crippen molar-refractivity contribution >= 4 is 23.8 Å². The zero-order valence-corrected chi connectivity index (χ0v) is 22.5. The minimum absolute atomic E-state index is 0.0295. The van der Waals surface area contributed by atoms with E-state index in [1.807, 2.05) is 13.8 Å². The molecule has 1 spiro atoms. The van der Waals surface area contributed by atoms with E-state index >= 15 is 0 Å². The van der Waals surface area contributed by atoms with Gasteiger partial charge >= 0.3 is 11.9 Å². The number of ether oxygens (including phenoxy) is 3. The lowest BCUT2D eigenvalue weighted by atomic mass is 9.58. The summed E-state index contributed by atoms with van der Waals surface area (Å²) in [6.07, 6.45) is 2.22. The summed E-state index contributed by atoms with van der Waals surface area (Å²) in [6, 6.07) is -0.971. The Morgan fingerprint density at radius 3 is 2.53 bits per heavy atom. The van der Waals surface area contributed by atoms with Crippen LogP contribution in [0.4, 0.5) is 0 Å². The van der Waals surface area contributed by atoms with Crippen LogP contribution < -0.4 is 10.6 Å². The Morgan fingerprint density at radius 2 is 1.79 bits per heavy atom. The first-order valence-electron chi connectivity index (χ1n) is 13.6. The number of hydrogen-bond acceptors (Lipinski definition) is 9. The summed E-state index contributed by atoms with van der Waals surface area (Å²) in [4.78, 5) is 59.1. The van der Waals surface area contributed by atoms with Gasteiger partial charge in [-0.1, -0.05) is 13.8 Å². The van der Waals surface area contributed by atoms with Crippen molar-refractivity contribution in [1.82, 2.24) is 10.6 Å². The molecule has 3 N–H and O–H groups in total. The smallest absolute Gasteiger partial charge is 0.325 e. The molecule has 0 aromatic heterocycles. The average Bonchev–Trinajstić information content (AvgIpc) is 3.09. The van der Waals surface area contributed by atoms with Crippen LogP contribution in [0.2, 0.25) is 0 Å². The average molecular weight is 541 g/mol. The first-order valence-corrected chi connectivity index (χ1v) is 13.6. The molecule has 9 atom stereocenters. The van der Waals surface area contributed by atoms with Crippen LogP contribution in [0.1, 0.15) is 79.1 Å². The third-order valence-corrected chi connectivity index (χ3v) is 8.55. The van der Waals surface area contributed by atoms with Crippen LogP contribution in [-0.2, 0) is 43.2 Å². The van der Waals surface area contributed by atoms with Gasteiger partial charge in [0.25, 0.3) is 0 Å². The fourth-order valence-corrected chi connectivity index (χ4v) is 6.35. The molecule has 5 rings (SSSR count). The molecule has 0 unspecified atom stereocenters. The molecule has 0 aromatic carbocycles. The molecule has 2 amide bonds. The number of aliphatic carboxylic acids is 1. The molecule has 12 heteroatoms. The van der Waals surface area contributed by atoms with Crippen LogP contribution in [0, 0.1) is 23.7 Å². The lowest BCUT2D eigenvalue weighted by molar-refractivity contribution is -0.576. The highest BCUT2D eigenvalue weighted by Crippen LogP contribution is 2.60. The van der Waals surface area contributed by atoms with Crippen LogP contribution in [0.15, 0.2) is 0 Å². The number of fused-ring (bicyclic) bond motifs is 2. The Kier molecular flexibility index (Phi) is 8.65. The van der Waals surface area contributed by atoms with Gasteiger partial charge in [0.05, 0.1) is 6.42 Å². The predicted octanol–water partition coefficient (Wildman–Crippen LogP) is 2.00. The first kappa shape index (κ1) is 28.7. The standard InChI is InChI=1S/C26H40N2O10/c1-14-7-8-18-15(2)23(35-24-26(18)17(14)11-12-25(4,36-24)37-38-26)34-21(31)10-9-19(29)27-13-5-6-20(30)28-16(3)22(32)33/h14-18,23-24H,5-13H2,1-4H3,(H,27,29)(H,28,30)(H,32,33)/t14-,15-,16+,17+,18+,23-,24+,25+,26-/m1/s1. The molecular formula is C26H40N2O10. The van der Waals surface area contributed by atoms with Gasteiger partial charge in [0, 0.05) is 37.6 Å². The molecule has 38 heavy (non-hydrogen) atoms. The van der Waals surface area contributed by atoms with Gasteiger partial charge in [-0.3, -0.25) is 19.2 Å². The second kappa shape index (κ2) is 11.4. The van der Waals surface area contributed by atoms with Gasteiger partial charge in [0.2, 0.25) is 23.9 Å². The maximum atomic E-state index is 12.6. The fourth-order valence-electron chi connectivity index (χ4n) is 6.35. The molecule has 0 radical (unpaired) electrons. The molecule has 0 aromatic rings. The summed E-state index contributed by atoms with van der Waals surface area (Å²) >= 11 is 0. The van der Waals surface area contributed by atoms with Crippen LogP contribution in [0.5, 0.6) is 0 Å². The fraction of sp³-hybridized carbons (Fsp3) is 0.846. The Bertz CT molecular complexity index is 930. The molecular weight excluding hydrogens is 500 g/mol. The third kappa shape index (κ3) is 5.83. The largest absolute Gasteiger partial charge is 0.480 e. The topological polar surface area (TPSA) is 159 Å². The first-order chi connectivity index (χ1) is 17.9. The van der Waals surface area contributed by atoms with E-state index in [1.165, 1.54) is 6.92 Å². The monoisotopic (exact) mass is 540 g/mol. The van der Waals surface area contributed by atoms with E-state index in [1.54, 1.807) is 0 Å². The number of nitrogens with one attached hydrogen (secondary N) is 2. The highest BCUT2D eigenvalue weighted by Gasteiger charge is 2.69. The van der Waals surface area contributed by atoms with Crippen LogP contribution in [0.3, 0.4) is 0 Å². The molecule has 1 saturated carbocycles. The lowest BCUT2D eigenvalue weighted by Crippen LogP contribution is -2.70. The summed E-state index contributed by atoms with van der Waals surface area (Å²) in [5.74, 6) is -2.80. The molecule has 12 nitrogen and oxygen atoms in total. The number of carbonyl (C=O) groups is 4. The minimum Gasteiger partial charge on any atom is -0.480 e. The zero-order valence-electron chi connectivity index (χ0n) is 22.5. The van der Waals surface area contributed by atoms with Gasteiger partial charge in [0.1, 0.15) is 6.04 Å². The van der Waals surface area contributed by atoms with Crippen molar-refractivity contribution in [1.29, 1.82) is 0 Å². The van der Waals surface area contributed by atoms with E-state index in [-0.39, 0.29) is 49.5 Å². The van der Waals surface area contributed by atoms with Gasteiger partial charge in [-0.25, -0.2) is 9.78 Å². The number of rotatable bonds is 10. The van der Waals surface area contributed by atoms with E-state index in [9.17, 15) is 19.2 Å². The van der Waals surface area contributed by atoms with Crippen molar-refractivity contribution in [3.05, 3.63) is 0 Å². The van der Waals surface area contributed by atoms with Crippen molar-refractivity contribution in [3.8, 4) is 0 Å². The van der Waals surface area contributed by atoms with Crippen LogP contribution >= 0.6 is 0 Å². The van der Waals surface area contributed by atoms with Crippen molar-refractivity contribution in [2.45, 2.75) is 109 Å². The van der Waals surface area contributed by atoms with Gasteiger partial charge < -0.3 is 30.0 Å². The van der Waals surface area contributed by atoms with Crippen LogP contribution in [-0.4, -0.2) is 65.4 Å². The van der Waals surface area contributed by atoms with E-state index in [0.29, 0.717) is 18.8 Å². The zero-order chi connectivity index (χ0) is 27.7. The molecule has 1 aliphatic carbocycles. The Labute approximate surface area is 222 Å². The maximum Gasteiger partial charge on any atom is 0.325 e. The van der Waals surface area contributed by atoms with E-state index < -0.39 is 47.9 Å². The third-order valence-electron chi connectivity index (χ3n) is 8.55. The van der Waals surface area contributed by atoms with Gasteiger partial charge in [-0.2, -0.15) is 0 Å². The highest BCUT2D eigenvalue weighted by atomic mass is 17.3. The summed E-state index contributed by atoms with van der Waals surface area (Å²) < 4.78 is 18.2. The molecule has 5 aliphatic rings. The molecule has 4 aliphatic heterocycles. The Morgan fingerprint density at radius 1 is 1.03 bits per heavy atom. The van der Waals surface area contributed by atoms with Gasteiger partial charge in [-0.05, 0) is 51.4 Å². The summed E-state index contributed by atoms with van der Waals surface area (Å²) in [6.45, 7) is 7.66. The van der Waals surface area contributed by atoms with E-state index in [2.05, 4.69) is 17.6 Å². The lowest BCUT2D eigenvalue weighted by Gasteiger charge is -2.59. The molecule has 4 heterocycles. The normalized spacial score (nSPS) is 38.3. The molecule has 4 saturated heterocycles. The van der Waals surface area contributed by atoms with Crippen LogP contribution in [0.25, 0.3) is 0 Å². The summed E-state index contributed by atoms with van der Waals surface area (Å²) in [5, 5.41) is 13.8. The molecule has 2 bridgehead atoms. The molecule has 214 valence electrons. The molecule has 5 fully saturated rings. The second-order valence-electron chi connectivity index (χ2n) is 11.3. The van der Waals surface area contributed by atoms with Crippen molar-refractivity contribution in [3.63, 3.8) is 0 Å². The highest BCUT2D eigenvalue weighted by molar-refractivity contribution is 5.83. The quantitative estimate of drug-likeness (QED) is 0.213. The summed E-state index contributed by atoms with van der Waals surface area (Å²) in [7, 11) is 0. The maximum absolute atomic E-state index is 12.6. The van der Waals surface area contributed by atoms with Crippen molar-refractivity contribution in [2.75, 3.05) is 6.54 Å². The van der Waals surface area contributed by atoms with E-state index in [0.717, 1.165) is 19.3 Å².